The monoisotopic (exact) mass is 565 g/mol. The van der Waals surface area contributed by atoms with Gasteiger partial charge < -0.3 is 5.32 Å². The van der Waals surface area contributed by atoms with Gasteiger partial charge in [0, 0.05) is 40.0 Å². The fraction of sp³-hybridized carbons (Fsp3) is 0.231. The fourth-order valence-electron chi connectivity index (χ4n) is 1.58. The maximum Gasteiger partial charge on any atom is 0.522 e. The number of pyridine rings is 2. The highest BCUT2D eigenvalue weighted by Gasteiger charge is 2.28. The van der Waals surface area contributed by atoms with E-state index in [9.17, 15) is 33.4 Å². The second-order valence-electron chi connectivity index (χ2n) is 4.72. The molecule has 10 nitrogen and oxygen atoms in total. The molecule has 0 radical (unpaired) electrons. The molecule has 2 aromatic heterocycles. The normalized spacial score (nSPS) is 10.7. The van der Waals surface area contributed by atoms with E-state index in [4.69, 9.17) is 11.6 Å². The van der Waals surface area contributed by atoms with Crippen molar-refractivity contribution in [3.63, 3.8) is 0 Å². The molecule has 1 N–H and O–H groups in total. The topological polar surface area (TPSA) is 133 Å². The highest BCUT2D eigenvalue weighted by atomic mass is 79.9. The first kappa shape index (κ1) is 24.9. The fourth-order valence-corrected chi connectivity index (χ4v) is 2.39. The molecule has 0 aliphatic carbocycles. The number of hydrogen-bond donors (Lipinski definition) is 1. The van der Waals surface area contributed by atoms with E-state index in [-0.39, 0.29) is 28.9 Å². The average Bonchev–Trinajstić information content (AvgIpc) is 2.61. The summed E-state index contributed by atoms with van der Waals surface area (Å²) in [7, 11) is 0. The van der Waals surface area contributed by atoms with Crippen LogP contribution in [0.5, 0.6) is 0 Å². The number of nitrogens with zero attached hydrogens (tertiary/aromatic N) is 4. The van der Waals surface area contributed by atoms with Gasteiger partial charge in [-0.25, -0.2) is 9.97 Å². The van der Waals surface area contributed by atoms with Crippen LogP contribution in [0.2, 0.25) is 5.15 Å². The molecule has 29 heavy (non-hydrogen) atoms. The molecule has 0 aliphatic heterocycles. The summed E-state index contributed by atoms with van der Waals surface area (Å²) in [6.07, 6.45) is -2.03. The van der Waals surface area contributed by atoms with E-state index in [0.29, 0.717) is 8.95 Å². The Morgan fingerprint density at radius 2 is 1.59 bits per heavy atom. The molecular formula is C13H9Br2ClF3N5O5. The lowest BCUT2D eigenvalue weighted by molar-refractivity contribution is -0.385. The number of nitrogens with one attached hydrogen (secondary N) is 1. The van der Waals surface area contributed by atoms with Crippen molar-refractivity contribution in [2.24, 2.45) is 0 Å². The standard InChI is InChI=1S/C8H7BrF3N3O3.C5H2BrClN2O2/c9-5-3-6(15(16)17)7(14-4-5)13-1-2-18-8(10,11)12;6-3-1-4(9(10)11)5(7)8-2-3/h3-4H,1-2H2,(H,13,14);1-2H. The summed E-state index contributed by atoms with van der Waals surface area (Å²) in [6, 6.07) is 2.50. The Labute approximate surface area is 182 Å². The first-order valence-corrected chi connectivity index (χ1v) is 9.07. The minimum Gasteiger partial charge on any atom is -0.362 e. The van der Waals surface area contributed by atoms with Crippen LogP contribution in [0.25, 0.3) is 0 Å². The summed E-state index contributed by atoms with van der Waals surface area (Å²) in [5.74, 6) is -0.117. The van der Waals surface area contributed by atoms with Gasteiger partial charge >= 0.3 is 17.7 Å². The van der Waals surface area contributed by atoms with Crippen LogP contribution in [0, 0.1) is 20.2 Å². The Balaban J connectivity index is 0.000000326. The molecule has 0 saturated carbocycles. The van der Waals surface area contributed by atoms with Crippen molar-refractivity contribution < 1.29 is 27.8 Å². The third kappa shape index (κ3) is 9.29. The van der Waals surface area contributed by atoms with E-state index < -0.39 is 22.8 Å². The maximum absolute atomic E-state index is 11.7. The summed E-state index contributed by atoms with van der Waals surface area (Å²) in [4.78, 5) is 26.9. The Morgan fingerprint density at radius 1 is 1.07 bits per heavy atom. The molecule has 16 heteroatoms. The maximum atomic E-state index is 11.7. The van der Waals surface area contributed by atoms with Crippen LogP contribution in [0.4, 0.5) is 30.4 Å². The van der Waals surface area contributed by atoms with E-state index in [2.05, 4.69) is 51.9 Å². The number of halogens is 6. The molecule has 2 rings (SSSR count). The summed E-state index contributed by atoms with van der Waals surface area (Å²) >= 11 is 11.5. The number of hydrogen-bond acceptors (Lipinski definition) is 8. The van der Waals surface area contributed by atoms with Gasteiger partial charge in [0.15, 0.2) is 0 Å². The van der Waals surface area contributed by atoms with Gasteiger partial charge in [0.05, 0.1) is 16.5 Å². The van der Waals surface area contributed by atoms with Crippen LogP contribution < -0.4 is 5.32 Å². The number of ether oxygens (including phenoxy) is 1. The van der Waals surface area contributed by atoms with Crippen LogP contribution in [-0.2, 0) is 4.74 Å². The van der Waals surface area contributed by atoms with Crippen LogP contribution in [0.15, 0.2) is 33.5 Å². The summed E-state index contributed by atoms with van der Waals surface area (Å²) < 4.78 is 39.4. The molecule has 0 spiro atoms. The third-order valence-electron chi connectivity index (χ3n) is 2.68. The van der Waals surface area contributed by atoms with Gasteiger partial charge in [-0.15, -0.1) is 13.2 Å². The number of nitro groups is 2. The van der Waals surface area contributed by atoms with Gasteiger partial charge in [0.25, 0.3) is 0 Å². The van der Waals surface area contributed by atoms with Gasteiger partial charge in [0.1, 0.15) is 0 Å². The highest BCUT2D eigenvalue weighted by molar-refractivity contribution is 9.10. The van der Waals surface area contributed by atoms with Crippen molar-refractivity contribution >= 4 is 60.7 Å². The molecule has 0 fully saturated rings. The van der Waals surface area contributed by atoms with E-state index in [1.165, 1.54) is 24.5 Å². The lowest BCUT2D eigenvalue weighted by Gasteiger charge is -2.08. The Bertz CT molecular complexity index is 890. The molecular weight excluding hydrogens is 558 g/mol. The summed E-state index contributed by atoms with van der Waals surface area (Å²) in [5, 5.41) is 23.2. The van der Waals surface area contributed by atoms with Crippen LogP contribution in [-0.4, -0.2) is 39.3 Å². The molecule has 2 heterocycles. The molecule has 0 aromatic carbocycles. The highest BCUT2D eigenvalue weighted by Crippen LogP contribution is 2.25. The predicted octanol–water partition coefficient (Wildman–Crippen LogP) is 5.11. The lowest BCUT2D eigenvalue weighted by atomic mass is 10.4. The van der Waals surface area contributed by atoms with E-state index in [1.807, 2.05) is 0 Å². The number of alkyl halides is 3. The van der Waals surface area contributed by atoms with Crippen molar-refractivity contribution in [3.8, 4) is 0 Å². The molecule has 2 aromatic rings. The molecule has 0 aliphatic rings. The van der Waals surface area contributed by atoms with Gasteiger partial charge in [-0.3, -0.25) is 25.0 Å². The number of anilines is 1. The van der Waals surface area contributed by atoms with Crippen LogP contribution in [0.3, 0.4) is 0 Å². The van der Waals surface area contributed by atoms with Crippen molar-refractivity contribution in [1.82, 2.24) is 9.97 Å². The number of aromatic nitrogens is 2. The number of rotatable bonds is 6. The molecule has 0 bridgehead atoms. The van der Waals surface area contributed by atoms with Gasteiger partial charge in [-0.2, -0.15) is 0 Å². The smallest absolute Gasteiger partial charge is 0.362 e. The molecule has 0 unspecified atom stereocenters. The minimum atomic E-state index is -4.72. The molecule has 0 saturated heterocycles. The van der Waals surface area contributed by atoms with Gasteiger partial charge in [0.2, 0.25) is 11.0 Å². The third-order valence-corrected chi connectivity index (χ3v) is 3.83. The first-order valence-electron chi connectivity index (χ1n) is 7.10. The van der Waals surface area contributed by atoms with E-state index in [0.717, 1.165) is 0 Å². The van der Waals surface area contributed by atoms with Crippen LogP contribution >= 0.6 is 43.5 Å². The van der Waals surface area contributed by atoms with Gasteiger partial charge in [-0.1, -0.05) is 11.6 Å². The molecule has 158 valence electrons. The largest absolute Gasteiger partial charge is 0.522 e. The zero-order chi connectivity index (χ0) is 22.2. The van der Waals surface area contributed by atoms with Crippen molar-refractivity contribution in [3.05, 3.63) is 58.9 Å². The second-order valence-corrected chi connectivity index (χ2v) is 6.91. The Kier molecular flexibility index (Phi) is 9.61. The zero-order valence-electron chi connectivity index (χ0n) is 13.8. The molecule has 0 amide bonds. The van der Waals surface area contributed by atoms with Crippen LogP contribution in [0.1, 0.15) is 0 Å². The SMILES string of the molecule is O=[N+]([O-])c1cc(Br)cnc1Cl.O=[N+]([O-])c1cc(Br)cnc1NCCOC(F)(F)F. The van der Waals surface area contributed by atoms with Crippen molar-refractivity contribution in [1.29, 1.82) is 0 Å². The van der Waals surface area contributed by atoms with Crippen molar-refractivity contribution in [2.45, 2.75) is 6.36 Å². The van der Waals surface area contributed by atoms with Crippen molar-refractivity contribution in [2.75, 3.05) is 18.5 Å². The quantitative estimate of drug-likeness (QED) is 0.221. The Hall–Kier alpha value is -2.10. The predicted molar refractivity (Wildman–Crippen MR) is 103 cm³/mol. The van der Waals surface area contributed by atoms with E-state index in [1.54, 1.807) is 0 Å². The summed E-state index contributed by atoms with van der Waals surface area (Å²) in [5.41, 5.74) is -0.530. The minimum absolute atomic E-state index is 0.0989. The first-order chi connectivity index (χ1) is 13.4. The second kappa shape index (κ2) is 11.2. The van der Waals surface area contributed by atoms with E-state index >= 15 is 0 Å². The molecule has 0 atom stereocenters. The summed E-state index contributed by atoms with van der Waals surface area (Å²) in [6.45, 7) is -0.923. The Morgan fingerprint density at radius 3 is 2.07 bits per heavy atom. The lowest BCUT2D eigenvalue weighted by Crippen LogP contribution is -2.19. The van der Waals surface area contributed by atoms with Gasteiger partial charge in [-0.05, 0) is 31.9 Å². The average molecular weight is 568 g/mol. The zero-order valence-corrected chi connectivity index (χ0v) is 17.7.